The first-order valence-electron chi connectivity index (χ1n) is 12.2. The second kappa shape index (κ2) is 11.5. The minimum Gasteiger partial charge on any atom is -0.457 e. The number of hydrogen-bond donors (Lipinski definition) is 2. The number of fused-ring (bicyclic) bond motifs is 1. The molecule has 10 heteroatoms. The summed E-state index contributed by atoms with van der Waals surface area (Å²) in [5, 5.41) is 5.98. The number of amides is 2. The highest BCUT2D eigenvalue weighted by Crippen LogP contribution is 2.26. The Balaban J connectivity index is 1.47. The van der Waals surface area contributed by atoms with E-state index in [1.165, 1.54) is 10.5 Å². The van der Waals surface area contributed by atoms with Crippen molar-refractivity contribution in [3.8, 4) is 11.5 Å². The van der Waals surface area contributed by atoms with Crippen molar-refractivity contribution in [3.05, 3.63) is 117 Å². The van der Waals surface area contributed by atoms with E-state index >= 15 is 0 Å². The van der Waals surface area contributed by atoms with Gasteiger partial charge >= 0.3 is 0 Å². The van der Waals surface area contributed by atoms with Crippen LogP contribution in [0.2, 0.25) is 5.02 Å². The largest absolute Gasteiger partial charge is 0.457 e. The number of benzene rings is 3. The van der Waals surface area contributed by atoms with Gasteiger partial charge in [0.25, 0.3) is 17.4 Å². The van der Waals surface area contributed by atoms with Crippen LogP contribution in [-0.4, -0.2) is 21.2 Å². The van der Waals surface area contributed by atoms with Crippen LogP contribution in [0.25, 0.3) is 4.96 Å². The Morgan fingerprint density at radius 3 is 2.33 bits per heavy atom. The number of para-hydroxylation sites is 1. The highest BCUT2D eigenvalue weighted by atomic mass is 35.5. The molecule has 0 aliphatic rings. The zero-order chi connectivity index (χ0) is 27.4. The average Bonchev–Trinajstić information content (AvgIpc) is 3.31. The molecule has 0 saturated heterocycles. The van der Waals surface area contributed by atoms with Crippen molar-refractivity contribution in [2.45, 2.75) is 19.8 Å². The number of carbonyl (C=O) groups is 2. The maximum absolute atomic E-state index is 13.4. The minimum atomic E-state index is -0.632. The molecule has 0 aliphatic carbocycles. The van der Waals surface area contributed by atoms with Crippen LogP contribution in [0.3, 0.4) is 0 Å². The predicted octanol–water partition coefficient (Wildman–Crippen LogP) is 6.66. The fourth-order valence-corrected chi connectivity index (χ4v) is 5.17. The van der Waals surface area contributed by atoms with E-state index in [-0.39, 0.29) is 15.5 Å². The maximum atomic E-state index is 13.4. The number of carbonyl (C=O) groups excluding carboxylic acids is 2. The summed E-state index contributed by atoms with van der Waals surface area (Å²) >= 11 is 7.04. The van der Waals surface area contributed by atoms with E-state index in [4.69, 9.17) is 16.3 Å². The van der Waals surface area contributed by atoms with Crippen molar-refractivity contribution >= 4 is 51.1 Å². The number of aromatic nitrogens is 2. The molecule has 2 amide bonds. The lowest BCUT2D eigenvalue weighted by Gasteiger charge is -2.09. The summed E-state index contributed by atoms with van der Waals surface area (Å²) in [4.78, 5) is 44.8. The number of ether oxygens (including phenoxy) is 1. The molecule has 0 unspecified atom stereocenters. The van der Waals surface area contributed by atoms with E-state index in [9.17, 15) is 14.4 Å². The molecule has 0 spiro atoms. The fraction of sp³-hybridized carbons (Fsp3) is 0.103. The molecule has 8 nitrogen and oxygen atoms in total. The lowest BCUT2D eigenvalue weighted by atomic mass is 10.2. The van der Waals surface area contributed by atoms with Crippen LogP contribution in [0.5, 0.6) is 11.5 Å². The highest BCUT2D eigenvalue weighted by molar-refractivity contribution is 7.19. The summed E-state index contributed by atoms with van der Waals surface area (Å²) in [6, 6.07) is 24.2. The van der Waals surface area contributed by atoms with Gasteiger partial charge in [0.2, 0.25) is 0 Å². The zero-order valence-corrected chi connectivity index (χ0v) is 22.4. The first-order chi connectivity index (χ1) is 18.9. The number of aryl methyl sites for hydroxylation is 1. The van der Waals surface area contributed by atoms with Crippen molar-refractivity contribution < 1.29 is 14.3 Å². The molecule has 0 bridgehead atoms. The fourth-order valence-electron chi connectivity index (χ4n) is 3.94. The van der Waals surface area contributed by atoms with Crippen LogP contribution in [0.15, 0.2) is 89.7 Å². The molecule has 39 heavy (non-hydrogen) atoms. The third kappa shape index (κ3) is 6.00. The topological polar surface area (TPSA) is 102 Å². The predicted molar refractivity (Wildman–Crippen MR) is 154 cm³/mol. The number of halogens is 1. The second-order valence-electron chi connectivity index (χ2n) is 8.59. The number of hydrogen-bond acceptors (Lipinski definition) is 6. The molecular weight excluding hydrogens is 536 g/mol. The molecule has 5 aromatic rings. The number of anilines is 2. The Kier molecular flexibility index (Phi) is 7.72. The molecule has 5 rings (SSSR count). The van der Waals surface area contributed by atoms with Crippen LogP contribution >= 0.6 is 22.9 Å². The van der Waals surface area contributed by atoms with E-state index in [1.807, 2.05) is 37.3 Å². The van der Waals surface area contributed by atoms with E-state index in [2.05, 4.69) is 15.6 Å². The van der Waals surface area contributed by atoms with Gasteiger partial charge in [0.1, 0.15) is 22.1 Å². The number of nitrogens with one attached hydrogen (secondary N) is 2. The Bertz CT molecular complexity index is 1720. The lowest BCUT2D eigenvalue weighted by molar-refractivity contribution is 0.0989. The summed E-state index contributed by atoms with van der Waals surface area (Å²) in [7, 11) is 0. The summed E-state index contributed by atoms with van der Waals surface area (Å²) in [6.07, 6.45) is 1.40. The van der Waals surface area contributed by atoms with Gasteiger partial charge in [-0.2, -0.15) is 0 Å². The number of nitrogens with zero attached hydrogens (tertiary/aromatic N) is 2. The van der Waals surface area contributed by atoms with Crippen LogP contribution < -0.4 is 20.9 Å². The third-order valence-corrected chi connectivity index (χ3v) is 6.95. The molecule has 0 radical (unpaired) electrons. The summed E-state index contributed by atoms with van der Waals surface area (Å²) in [6.45, 7) is 1.98. The van der Waals surface area contributed by atoms with Crippen LogP contribution in [0.1, 0.15) is 39.2 Å². The second-order valence-corrected chi connectivity index (χ2v) is 10.0. The van der Waals surface area contributed by atoms with Gasteiger partial charge in [0.05, 0.1) is 0 Å². The number of thiazole rings is 1. The molecule has 2 heterocycles. The first-order valence-corrected chi connectivity index (χ1v) is 13.4. The molecular formula is C29H23ClN4O4S. The summed E-state index contributed by atoms with van der Waals surface area (Å²) in [5.74, 6) is 0.111. The molecule has 2 N–H and O–H groups in total. The van der Waals surface area contributed by atoms with E-state index in [0.717, 1.165) is 17.8 Å². The van der Waals surface area contributed by atoms with Gasteiger partial charge in [-0.05, 0) is 61.0 Å². The van der Waals surface area contributed by atoms with Gasteiger partial charge in [-0.25, -0.2) is 9.38 Å². The van der Waals surface area contributed by atoms with Gasteiger partial charge in [-0.1, -0.05) is 60.5 Å². The molecule has 0 saturated carbocycles. The van der Waals surface area contributed by atoms with Crippen molar-refractivity contribution in [3.63, 3.8) is 0 Å². The van der Waals surface area contributed by atoms with Gasteiger partial charge in [0, 0.05) is 28.2 Å². The Morgan fingerprint density at radius 1 is 0.897 bits per heavy atom. The quantitative estimate of drug-likeness (QED) is 0.222. The Morgan fingerprint density at radius 2 is 1.62 bits per heavy atom. The van der Waals surface area contributed by atoms with Crippen molar-refractivity contribution in [1.29, 1.82) is 0 Å². The average molecular weight is 559 g/mol. The molecule has 3 aromatic carbocycles. The monoisotopic (exact) mass is 558 g/mol. The van der Waals surface area contributed by atoms with Gasteiger partial charge in [-0.15, -0.1) is 0 Å². The van der Waals surface area contributed by atoms with E-state index in [0.29, 0.717) is 40.0 Å². The lowest BCUT2D eigenvalue weighted by Crippen LogP contribution is -2.25. The smallest absolute Gasteiger partial charge is 0.274 e. The molecule has 0 aliphatic heterocycles. The maximum Gasteiger partial charge on any atom is 0.274 e. The summed E-state index contributed by atoms with van der Waals surface area (Å²) < 4.78 is 6.98. The standard InChI is InChI=1S/C29H23ClN4O4S/c1-2-7-20-17-24(35)34-25(27(36)32-21-9-6-8-18(30)16-21)26(39-29(34)33-20)28(37)31-19-12-14-23(15-13-19)38-22-10-4-3-5-11-22/h3-6,8-17H,2,7H2,1H3,(H,31,37)(H,32,36). The van der Waals surface area contributed by atoms with E-state index in [1.54, 1.807) is 48.5 Å². The molecule has 196 valence electrons. The van der Waals surface area contributed by atoms with Crippen LogP contribution in [0, 0.1) is 0 Å². The van der Waals surface area contributed by atoms with Gasteiger partial charge < -0.3 is 15.4 Å². The van der Waals surface area contributed by atoms with Crippen molar-refractivity contribution in [2.75, 3.05) is 10.6 Å². The van der Waals surface area contributed by atoms with Gasteiger partial charge in [-0.3, -0.25) is 14.4 Å². The summed E-state index contributed by atoms with van der Waals surface area (Å²) in [5.41, 5.74) is 0.989. The Hall–Kier alpha value is -4.47. The SMILES string of the molecule is CCCc1cc(=O)n2c(C(=O)Nc3cccc(Cl)c3)c(C(=O)Nc3ccc(Oc4ccccc4)cc3)sc2n1. The van der Waals surface area contributed by atoms with Crippen LogP contribution in [0.4, 0.5) is 11.4 Å². The highest BCUT2D eigenvalue weighted by Gasteiger charge is 2.26. The molecule has 2 aromatic heterocycles. The first kappa shape index (κ1) is 26.1. The van der Waals surface area contributed by atoms with Crippen LogP contribution in [-0.2, 0) is 6.42 Å². The molecule has 0 atom stereocenters. The zero-order valence-electron chi connectivity index (χ0n) is 20.8. The van der Waals surface area contributed by atoms with Crippen molar-refractivity contribution in [1.82, 2.24) is 9.38 Å². The minimum absolute atomic E-state index is 0.0531. The number of rotatable bonds is 8. The Labute approximate surface area is 232 Å². The molecule has 0 fully saturated rings. The normalized spacial score (nSPS) is 10.8. The van der Waals surface area contributed by atoms with E-state index < -0.39 is 17.4 Å². The third-order valence-electron chi connectivity index (χ3n) is 5.67. The van der Waals surface area contributed by atoms with Crippen molar-refractivity contribution in [2.24, 2.45) is 0 Å². The van der Waals surface area contributed by atoms with Gasteiger partial charge in [0.15, 0.2) is 4.96 Å².